The number of ether oxygens (including phenoxy) is 1. The number of aryl methyl sites for hydroxylation is 1. The summed E-state index contributed by atoms with van der Waals surface area (Å²) in [5, 5.41) is 5.91. The summed E-state index contributed by atoms with van der Waals surface area (Å²) in [6, 6.07) is 12.8. The molecule has 0 unspecified atom stereocenters. The van der Waals surface area contributed by atoms with Crippen molar-refractivity contribution in [3.05, 3.63) is 64.3 Å². The van der Waals surface area contributed by atoms with Crippen molar-refractivity contribution in [3.63, 3.8) is 0 Å². The van der Waals surface area contributed by atoms with Crippen LogP contribution in [0.2, 0.25) is 10.0 Å². The minimum absolute atomic E-state index is 0.215. The monoisotopic (exact) mass is 375 g/mol. The molecule has 128 valence electrons. The molecule has 0 spiro atoms. The number of nitrogens with zero attached hydrogens (tertiary/aromatic N) is 2. The Kier molecular flexibility index (Phi) is 5.26. The average Bonchev–Trinajstić information content (AvgIpc) is 2.92. The van der Waals surface area contributed by atoms with Gasteiger partial charge in [0.05, 0.1) is 11.2 Å². The molecule has 0 aliphatic rings. The molecule has 0 aliphatic heterocycles. The number of fused-ring (bicyclic) bond motifs is 1. The number of carbonyl (C=O) groups is 1. The molecule has 0 radical (unpaired) electrons. The van der Waals surface area contributed by atoms with Gasteiger partial charge >= 0.3 is 0 Å². The van der Waals surface area contributed by atoms with Crippen LogP contribution >= 0.6 is 23.2 Å². The van der Waals surface area contributed by atoms with Crippen molar-refractivity contribution in [1.29, 1.82) is 0 Å². The van der Waals surface area contributed by atoms with E-state index in [0.717, 1.165) is 16.5 Å². The van der Waals surface area contributed by atoms with Crippen molar-refractivity contribution in [2.45, 2.75) is 0 Å². The van der Waals surface area contributed by atoms with Crippen LogP contribution in [0.4, 0.5) is 0 Å². The molecule has 25 heavy (non-hydrogen) atoms. The molecule has 3 rings (SSSR count). The third-order valence-electron chi connectivity index (χ3n) is 3.57. The van der Waals surface area contributed by atoms with Gasteiger partial charge in [-0.05, 0) is 18.2 Å². The number of amides is 1. The first-order valence-corrected chi connectivity index (χ1v) is 8.24. The van der Waals surface area contributed by atoms with Gasteiger partial charge in [-0.15, -0.1) is 0 Å². The first-order valence-electron chi connectivity index (χ1n) is 7.48. The number of benzene rings is 2. The lowest BCUT2D eigenvalue weighted by atomic mass is 10.2. The Morgan fingerprint density at radius 2 is 2.08 bits per heavy atom. The van der Waals surface area contributed by atoms with Crippen LogP contribution in [0.5, 0.6) is 5.75 Å². The van der Waals surface area contributed by atoms with Gasteiger partial charge in [0.2, 0.25) is 0 Å². The van der Waals surface area contributed by atoms with Crippen LogP contribution < -0.4 is 10.2 Å². The highest BCUT2D eigenvalue weighted by molar-refractivity contribution is 6.34. The third-order valence-corrected chi connectivity index (χ3v) is 4.12. The van der Waals surface area contributed by atoms with Crippen molar-refractivity contribution in [1.82, 2.24) is 9.99 Å². The lowest BCUT2D eigenvalue weighted by molar-refractivity contribution is -0.123. The zero-order valence-electron chi connectivity index (χ0n) is 13.4. The standard InChI is InChI=1S/C18H15Cl2N3O2/c1-23-10-12(14-4-2-3-5-16(14)23)9-21-22-18(24)11-25-17-8-13(19)6-7-15(17)20/h2-10H,11H2,1H3,(H,22,24)/b21-9-. The van der Waals surface area contributed by atoms with Gasteiger partial charge in [0, 0.05) is 40.8 Å². The van der Waals surface area contributed by atoms with Crippen LogP contribution in [-0.4, -0.2) is 23.3 Å². The van der Waals surface area contributed by atoms with Gasteiger partial charge in [-0.1, -0.05) is 41.4 Å². The van der Waals surface area contributed by atoms with Gasteiger partial charge in [-0.3, -0.25) is 4.79 Å². The third kappa shape index (κ3) is 4.13. The second-order valence-corrected chi connectivity index (χ2v) is 6.21. The van der Waals surface area contributed by atoms with Crippen molar-refractivity contribution in [3.8, 4) is 5.75 Å². The number of aromatic nitrogens is 1. The summed E-state index contributed by atoms with van der Waals surface area (Å²) in [6.45, 7) is -0.215. The Bertz CT molecular complexity index is 951. The molecule has 3 aromatic rings. The molecule has 0 bridgehead atoms. The normalized spacial score (nSPS) is 11.2. The maximum Gasteiger partial charge on any atom is 0.277 e. The SMILES string of the molecule is Cn1cc(/C=N\NC(=O)COc2cc(Cl)ccc2Cl)c2ccccc21. The van der Waals surface area contributed by atoms with E-state index in [4.69, 9.17) is 27.9 Å². The summed E-state index contributed by atoms with van der Waals surface area (Å²) in [6.07, 6.45) is 3.55. The smallest absolute Gasteiger partial charge is 0.277 e. The number of halogens is 2. The van der Waals surface area contributed by atoms with Crippen LogP contribution in [0, 0.1) is 0 Å². The number of nitrogens with one attached hydrogen (secondary N) is 1. The summed E-state index contributed by atoms with van der Waals surface area (Å²) >= 11 is 11.8. The van der Waals surface area contributed by atoms with Gasteiger partial charge in [-0.25, -0.2) is 5.43 Å². The van der Waals surface area contributed by atoms with Crippen LogP contribution in [-0.2, 0) is 11.8 Å². The minimum Gasteiger partial charge on any atom is -0.482 e. The molecule has 7 heteroatoms. The van der Waals surface area contributed by atoms with Gasteiger partial charge < -0.3 is 9.30 Å². The van der Waals surface area contributed by atoms with Crippen molar-refractivity contribution < 1.29 is 9.53 Å². The first kappa shape index (κ1) is 17.3. The van der Waals surface area contributed by atoms with Gasteiger partial charge in [-0.2, -0.15) is 5.10 Å². The van der Waals surface area contributed by atoms with E-state index in [9.17, 15) is 4.79 Å². The fourth-order valence-electron chi connectivity index (χ4n) is 2.41. The van der Waals surface area contributed by atoms with Crippen LogP contribution in [0.15, 0.2) is 53.8 Å². The van der Waals surface area contributed by atoms with Gasteiger partial charge in [0.25, 0.3) is 5.91 Å². The van der Waals surface area contributed by atoms with Gasteiger partial charge in [0.1, 0.15) is 5.75 Å². The molecule has 2 aromatic carbocycles. The Balaban J connectivity index is 1.60. The van der Waals surface area contributed by atoms with Crippen LogP contribution in [0.25, 0.3) is 10.9 Å². The largest absolute Gasteiger partial charge is 0.482 e. The van der Waals surface area contributed by atoms with Crippen LogP contribution in [0.3, 0.4) is 0 Å². The highest BCUT2D eigenvalue weighted by atomic mass is 35.5. The predicted molar refractivity (Wildman–Crippen MR) is 101 cm³/mol. The lowest BCUT2D eigenvalue weighted by Gasteiger charge is -2.07. The van der Waals surface area contributed by atoms with E-state index in [1.54, 1.807) is 24.4 Å². The fourth-order valence-corrected chi connectivity index (χ4v) is 2.75. The molecule has 1 aromatic heterocycles. The molecular weight excluding hydrogens is 361 g/mol. The topological polar surface area (TPSA) is 55.6 Å². The van der Waals surface area contributed by atoms with E-state index in [0.29, 0.717) is 15.8 Å². The zero-order valence-corrected chi connectivity index (χ0v) is 14.9. The number of hydrogen-bond acceptors (Lipinski definition) is 3. The Hall–Kier alpha value is -2.50. The molecule has 5 nitrogen and oxygen atoms in total. The highest BCUT2D eigenvalue weighted by Crippen LogP contribution is 2.27. The Morgan fingerprint density at radius 1 is 1.28 bits per heavy atom. The lowest BCUT2D eigenvalue weighted by Crippen LogP contribution is -2.24. The van der Waals surface area contributed by atoms with E-state index in [1.807, 2.05) is 42.1 Å². The maximum atomic E-state index is 11.8. The Labute approximate surface area is 154 Å². The molecule has 1 heterocycles. The maximum absolute atomic E-state index is 11.8. The summed E-state index contributed by atoms with van der Waals surface area (Å²) in [7, 11) is 1.96. The van der Waals surface area contributed by atoms with E-state index in [-0.39, 0.29) is 6.61 Å². The summed E-state index contributed by atoms with van der Waals surface area (Å²) in [5.74, 6) is -0.0464. The summed E-state index contributed by atoms with van der Waals surface area (Å²) < 4.78 is 7.35. The molecule has 0 atom stereocenters. The Morgan fingerprint density at radius 3 is 2.92 bits per heavy atom. The number of rotatable bonds is 5. The van der Waals surface area contributed by atoms with Crippen molar-refractivity contribution in [2.75, 3.05) is 6.61 Å². The number of hydrogen-bond donors (Lipinski definition) is 1. The fraction of sp³-hybridized carbons (Fsp3) is 0.111. The van der Waals surface area contributed by atoms with Crippen molar-refractivity contribution >= 4 is 46.2 Å². The molecule has 0 fully saturated rings. The van der Waals surface area contributed by atoms with E-state index < -0.39 is 5.91 Å². The predicted octanol–water partition coefficient (Wildman–Crippen LogP) is 4.01. The zero-order chi connectivity index (χ0) is 17.8. The molecular formula is C18H15Cl2N3O2. The van der Waals surface area contributed by atoms with Crippen LogP contribution in [0.1, 0.15) is 5.56 Å². The summed E-state index contributed by atoms with van der Waals surface area (Å²) in [4.78, 5) is 11.8. The molecule has 0 aliphatic carbocycles. The minimum atomic E-state index is -0.396. The van der Waals surface area contributed by atoms with Crippen molar-refractivity contribution in [2.24, 2.45) is 12.1 Å². The number of carbonyl (C=O) groups excluding carboxylic acids is 1. The molecule has 1 N–H and O–H groups in total. The first-order chi connectivity index (χ1) is 12.0. The second kappa shape index (κ2) is 7.59. The number of para-hydroxylation sites is 1. The molecule has 0 saturated heterocycles. The van der Waals surface area contributed by atoms with E-state index >= 15 is 0 Å². The molecule has 0 saturated carbocycles. The van der Waals surface area contributed by atoms with E-state index in [2.05, 4.69) is 10.5 Å². The van der Waals surface area contributed by atoms with E-state index in [1.165, 1.54) is 0 Å². The van der Waals surface area contributed by atoms with Gasteiger partial charge in [0.15, 0.2) is 6.61 Å². The number of hydrazone groups is 1. The highest BCUT2D eigenvalue weighted by Gasteiger charge is 2.07. The summed E-state index contributed by atoms with van der Waals surface area (Å²) in [5.41, 5.74) is 4.44. The second-order valence-electron chi connectivity index (χ2n) is 5.37. The average molecular weight is 376 g/mol. The molecule has 1 amide bonds. The quantitative estimate of drug-likeness (QED) is 0.540.